The molecule has 1 fully saturated rings. The molecule has 0 spiro atoms. The molecule has 0 unspecified atom stereocenters. The Labute approximate surface area is 140 Å². The summed E-state index contributed by atoms with van der Waals surface area (Å²) in [6, 6.07) is 3.42. The maximum Gasteiger partial charge on any atom is 0.259 e. The van der Waals surface area contributed by atoms with Gasteiger partial charge in [0, 0.05) is 25.4 Å². The molecule has 0 aliphatic carbocycles. The van der Waals surface area contributed by atoms with Gasteiger partial charge >= 0.3 is 0 Å². The zero-order chi connectivity index (χ0) is 16.6. The Bertz CT molecular complexity index is 744. The standard InChI is InChI=1S/C16H19ClN4O2/c1-10-13(14(17)20(2)19-10)12-7-5-9-21(12)16(22)11-6-4-8-18-15(11)23-3/h4,6,8,12H,5,7,9H2,1-3H3/t12-/m1/s1. The summed E-state index contributed by atoms with van der Waals surface area (Å²) in [5, 5.41) is 4.95. The van der Waals surface area contributed by atoms with Crippen molar-refractivity contribution in [3.8, 4) is 5.88 Å². The average molecular weight is 335 g/mol. The minimum absolute atomic E-state index is 0.0615. The highest BCUT2D eigenvalue weighted by atomic mass is 35.5. The lowest BCUT2D eigenvalue weighted by Crippen LogP contribution is -2.31. The van der Waals surface area contributed by atoms with Gasteiger partial charge in [0.15, 0.2) is 0 Å². The second kappa shape index (κ2) is 6.20. The maximum atomic E-state index is 13.0. The van der Waals surface area contributed by atoms with Gasteiger partial charge in [0.2, 0.25) is 5.88 Å². The summed E-state index contributed by atoms with van der Waals surface area (Å²) in [7, 11) is 3.33. The van der Waals surface area contributed by atoms with E-state index in [1.807, 2.05) is 18.9 Å². The molecule has 1 amide bonds. The Morgan fingerprint density at radius 2 is 2.26 bits per heavy atom. The fourth-order valence-electron chi connectivity index (χ4n) is 3.21. The van der Waals surface area contributed by atoms with Crippen molar-refractivity contribution in [1.29, 1.82) is 0 Å². The number of aromatic nitrogens is 3. The number of pyridine rings is 1. The Hall–Kier alpha value is -2.08. The molecule has 0 aromatic carbocycles. The third-order valence-corrected chi connectivity index (χ3v) is 4.69. The van der Waals surface area contributed by atoms with Crippen LogP contribution < -0.4 is 4.74 Å². The van der Waals surface area contributed by atoms with Crippen molar-refractivity contribution >= 4 is 17.5 Å². The number of hydrogen-bond acceptors (Lipinski definition) is 4. The van der Waals surface area contributed by atoms with Gasteiger partial charge in [0.05, 0.1) is 18.8 Å². The number of likely N-dealkylation sites (tertiary alicyclic amines) is 1. The van der Waals surface area contributed by atoms with Crippen molar-refractivity contribution in [2.45, 2.75) is 25.8 Å². The molecule has 3 rings (SSSR count). The summed E-state index contributed by atoms with van der Waals surface area (Å²) in [5.41, 5.74) is 2.27. The Balaban J connectivity index is 1.97. The monoisotopic (exact) mass is 334 g/mol. The molecule has 122 valence electrons. The molecule has 0 bridgehead atoms. The predicted molar refractivity (Wildman–Crippen MR) is 86.8 cm³/mol. The number of rotatable bonds is 3. The topological polar surface area (TPSA) is 60.2 Å². The molecule has 6 nitrogen and oxygen atoms in total. The molecule has 1 atom stereocenters. The summed E-state index contributed by atoms with van der Waals surface area (Å²) in [4.78, 5) is 18.9. The van der Waals surface area contributed by atoms with Crippen LogP contribution in [0.2, 0.25) is 5.15 Å². The largest absolute Gasteiger partial charge is 0.480 e. The van der Waals surface area contributed by atoms with Crippen LogP contribution in [0.1, 0.15) is 40.5 Å². The van der Waals surface area contributed by atoms with Crippen LogP contribution in [0, 0.1) is 6.92 Å². The summed E-state index contributed by atoms with van der Waals surface area (Å²) in [6.45, 7) is 2.61. The van der Waals surface area contributed by atoms with E-state index in [-0.39, 0.29) is 11.9 Å². The number of hydrogen-bond donors (Lipinski definition) is 0. The van der Waals surface area contributed by atoms with Crippen LogP contribution in [0.25, 0.3) is 0 Å². The molecule has 1 aliphatic rings. The van der Waals surface area contributed by atoms with E-state index >= 15 is 0 Å². The lowest BCUT2D eigenvalue weighted by molar-refractivity contribution is 0.0731. The molecule has 0 saturated carbocycles. The van der Waals surface area contributed by atoms with Crippen LogP contribution >= 0.6 is 11.6 Å². The maximum absolute atomic E-state index is 13.0. The molecule has 2 aromatic heterocycles. The van der Waals surface area contributed by atoms with Crippen LogP contribution in [0.3, 0.4) is 0 Å². The lowest BCUT2D eigenvalue weighted by Gasteiger charge is -2.25. The van der Waals surface area contributed by atoms with Crippen molar-refractivity contribution in [3.05, 3.63) is 40.3 Å². The van der Waals surface area contributed by atoms with Crippen LogP contribution in [-0.2, 0) is 7.05 Å². The molecule has 2 aromatic rings. The first-order valence-corrected chi connectivity index (χ1v) is 7.91. The number of aryl methyl sites for hydroxylation is 2. The minimum Gasteiger partial charge on any atom is -0.480 e. The van der Waals surface area contributed by atoms with Gasteiger partial charge in [-0.25, -0.2) is 4.98 Å². The van der Waals surface area contributed by atoms with E-state index in [1.165, 1.54) is 7.11 Å². The minimum atomic E-state index is -0.0863. The van der Waals surface area contributed by atoms with Gasteiger partial charge in [-0.3, -0.25) is 9.48 Å². The molecule has 23 heavy (non-hydrogen) atoms. The molecular formula is C16H19ClN4O2. The molecule has 1 aliphatic heterocycles. The van der Waals surface area contributed by atoms with Gasteiger partial charge in [0.25, 0.3) is 5.91 Å². The van der Waals surface area contributed by atoms with E-state index in [0.717, 1.165) is 24.1 Å². The van der Waals surface area contributed by atoms with E-state index in [2.05, 4.69) is 10.1 Å². The van der Waals surface area contributed by atoms with Crippen molar-refractivity contribution in [2.75, 3.05) is 13.7 Å². The predicted octanol–water partition coefficient (Wildman–Crippen LogP) is 2.76. The third-order valence-electron chi connectivity index (χ3n) is 4.24. The lowest BCUT2D eigenvalue weighted by atomic mass is 10.1. The first-order chi connectivity index (χ1) is 11.0. The first-order valence-electron chi connectivity index (χ1n) is 7.53. The molecule has 0 N–H and O–H groups in total. The quantitative estimate of drug-likeness (QED) is 0.866. The normalized spacial score (nSPS) is 17.6. The molecule has 3 heterocycles. The summed E-state index contributed by atoms with van der Waals surface area (Å²) in [5.74, 6) is 0.258. The summed E-state index contributed by atoms with van der Waals surface area (Å²) < 4.78 is 6.87. The van der Waals surface area contributed by atoms with E-state index in [9.17, 15) is 4.79 Å². The second-order valence-corrected chi connectivity index (χ2v) is 5.99. The Morgan fingerprint density at radius 3 is 2.91 bits per heavy atom. The average Bonchev–Trinajstić information content (AvgIpc) is 3.11. The SMILES string of the molecule is COc1ncccc1C(=O)N1CCC[C@@H]1c1c(C)nn(C)c1Cl. The van der Waals surface area contributed by atoms with Gasteiger partial charge in [0.1, 0.15) is 10.7 Å². The van der Waals surface area contributed by atoms with E-state index in [1.54, 1.807) is 23.0 Å². The fourth-order valence-corrected chi connectivity index (χ4v) is 3.51. The van der Waals surface area contributed by atoms with Gasteiger partial charge in [-0.05, 0) is 31.9 Å². The number of halogens is 1. The van der Waals surface area contributed by atoms with Gasteiger partial charge < -0.3 is 9.64 Å². The summed E-state index contributed by atoms with van der Waals surface area (Å²) >= 11 is 6.39. The number of amides is 1. The van der Waals surface area contributed by atoms with Crippen LogP contribution in [0.5, 0.6) is 5.88 Å². The van der Waals surface area contributed by atoms with E-state index in [4.69, 9.17) is 16.3 Å². The van der Waals surface area contributed by atoms with Crippen molar-refractivity contribution in [1.82, 2.24) is 19.7 Å². The Kier molecular flexibility index (Phi) is 4.26. The second-order valence-electron chi connectivity index (χ2n) is 5.63. The number of nitrogens with zero attached hydrogens (tertiary/aromatic N) is 4. The summed E-state index contributed by atoms with van der Waals surface area (Å²) in [6.07, 6.45) is 3.42. The van der Waals surface area contributed by atoms with Gasteiger partial charge in [-0.15, -0.1) is 0 Å². The van der Waals surface area contributed by atoms with E-state index < -0.39 is 0 Å². The Morgan fingerprint density at radius 1 is 1.48 bits per heavy atom. The van der Waals surface area contributed by atoms with Crippen LogP contribution in [-0.4, -0.2) is 39.2 Å². The highest BCUT2D eigenvalue weighted by Gasteiger charge is 2.35. The smallest absolute Gasteiger partial charge is 0.259 e. The highest BCUT2D eigenvalue weighted by molar-refractivity contribution is 6.30. The van der Waals surface area contributed by atoms with E-state index in [0.29, 0.717) is 23.1 Å². The number of carbonyl (C=O) groups excluding carboxylic acids is 1. The fraction of sp³-hybridized carbons (Fsp3) is 0.438. The van der Waals surface area contributed by atoms with Crippen LogP contribution in [0.4, 0.5) is 0 Å². The first kappa shape index (κ1) is 15.8. The van der Waals surface area contributed by atoms with Crippen molar-refractivity contribution in [2.24, 2.45) is 7.05 Å². The zero-order valence-corrected chi connectivity index (χ0v) is 14.2. The molecular weight excluding hydrogens is 316 g/mol. The number of ether oxygens (including phenoxy) is 1. The highest BCUT2D eigenvalue weighted by Crippen LogP contribution is 2.38. The number of methoxy groups -OCH3 is 1. The van der Waals surface area contributed by atoms with Gasteiger partial charge in [-0.1, -0.05) is 11.6 Å². The third kappa shape index (κ3) is 2.67. The zero-order valence-electron chi connectivity index (χ0n) is 13.4. The van der Waals surface area contributed by atoms with Crippen LogP contribution in [0.15, 0.2) is 18.3 Å². The number of carbonyl (C=O) groups is 1. The molecule has 7 heteroatoms. The molecule has 1 saturated heterocycles. The van der Waals surface area contributed by atoms with Crippen molar-refractivity contribution < 1.29 is 9.53 Å². The molecule has 0 radical (unpaired) electrons. The van der Waals surface area contributed by atoms with Crippen molar-refractivity contribution in [3.63, 3.8) is 0 Å². The van der Waals surface area contributed by atoms with Gasteiger partial charge in [-0.2, -0.15) is 5.10 Å².